The van der Waals surface area contributed by atoms with Crippen LogP contribution in [0.5, 0.6) is 0 Å². The first-order chi connectivity index (χ1) is 22.3. The van der Waals surface area contributed by atoms with Gasteiger partial charge in [0.15, 0.2) is 5.78 Å². The van der Waals surface area contributed by atoms with Gasteiger partial charge in [-0.25, -0.2) is 23.1 Å². The zero-order valence-electron chi connectivity index (χ0n) is 25.9. The van der Waals surface area contributed by atoms with Crippen molar-refractivity contribution in [1.29, 1.82) is 10.5 Å². The molecule has 0 bridgehead atoms. The minimum Gasteiger partial charge on any atom is -0.378 e. The summed E-state index contributed by atoms with van der Waals surface area (Å²) in [6.45, 7) is 7.27. The summed E-state index contributed by atoms with van der Waals surface area (Å²) in [4.78, 5) is 20.5. The van der Waals surface area contributed by atoms with Crippen LogP contribution in [0, 0.1) is 50.9 Å². The van der Waals surface area contributed by atoms with Gasteiger partial charge in [0.2, 0.25) is 0 Å². The number of aliphatic hydroxyl groups is 1. The van der Waals surface area contributed by atoms with E-state index < -0.39 is 46.0 Å². The molecule has 7 rings (SSSR count). The lowest BCUT2D eigenvalue weighted by Crippen LogP contribution is -2.41. The summed E-state index contributed by atoms with van der Waals surface area (Å²) in [6.07, 6.45) is 6.16. The predicted molar refractivity (Wildman–Crippen MR) is 164 cm³/mol. The van der Waals surface area contributed by atoms with Crippen molar-refractivity contribution >= 4 is 5.78 Å². The summed E-state index contributed by atoms with van der Waals surface area (Å²) in [5.74, 6) is -1.45. The Balaban J connectivity index is 0.000000172. The van der Waals surface area contributed by atoms with Crippen molar-refractivity contribution in [2.24, 2.45) is 10.8 Å². The van der Waals surface area contributed by atoms with Crippen LogP contribution in [-0.4, -0.2) is 30.0 Å². The fourth-order valence-electron chi connectivity index (χ4n) is 7.08. The number of imidazole rings is 2. The molecule has 3 aromatic carbocycles. The molecule has 0 spiro atoms. The minimum atomic E-state index is -1.50. The van der Waals surface area contributed by atoms with Crippen molar-refractivity contribution in [2.75, 3.05) is 0 Å². The maximum Gasteiger partial charge on any atom is 0.188 e. The molecule has 0 fully saturated rings. The molecular weight excluding hydrogens is 605 g/mol. The fourth-order valence-corrected chi connectivity index (χ4v) is 7.08. The number of benzene rings is 3. The van der Waals surface area contributed by atoms with Crippen LogP contribution in [0.4, 0.5) is 13.2 Å². The molecule has 0 saturated heterocycles. The molecule has 2 aliphatic heterocycles. The van der Waals surface area contributed by atoms with Crippen molar-refractivity contribution in [3.8, 4) is 12.1 Å². The lowest BCUT2D eigenvalue weighted by Gasteiger charge is -2.40. The molecule has 236 valence electrons. The highest BCUT2D eigenvalue weighted by Crippen LogP contribution is 2.59. The van der Waals surface area contributed by atoms with E-state index in [2.05, 4.69) is 9.97 Å². The average Bonchev–Trinajstić information content (AvgIpc) is 3.79. The molecule has 2 aromatic heterocycles. The quantitative estimate of drug-likeness (QED) is 0.239. The molecule has 3 atom stereocenters. The first kappa shape index (κ1) is 31.5. The number of hydrogen-bond acceptors (Lipinski definition) is 6. The lowest BCUT2D eigenvalue weighted by molar-refractivity contribution is -0.0311. The number of nitrogens with zero attached hydrogens (tertiary/aromatic N) is 6. The molecule has 0 amide bonds. The van der Waals surface area contributed by atoms with Crippen LogP contribution in [-0.2, 0) is 5.60 Å². The van der Waals surface area contributed by atoms with Crippen LogP contribution in [0.1, 0.15) is 83.8 Å². The molecular formula is C36H29F3N6O2. The zero-order chi connectivity index (χ0) is 33.9. The van der Waals surface area contributed by atoms with Gasteiger partial charge in [-0.15, -0.1) is 0 Å². The van der Waals surface area contributed by atoms with E-state index in [1.165, 1.54) is 42.6 Å². The van der Waals surface area contributed by atoms with E-state index >= 15 is 0 Å². The van der Waals surface area contributed by atoms with Gasteiger partial charge in [0.05, 0.1) is 71.5 Å². The molecule has 8 nitrogen and oxygen atoms in total. The summed E-state index contributed by atoms with van der Waals surface area (Å²) >= 11 is 0. The van der Waals surface area contributed by atoms with Crippen LogP contribution in [0.15, 0.2) is 85.7 Å². The molecule has 0 radical (unpaired) electrons. The Bertz CT molecular complexity index is 2120. The molecule has 2 aliphatic rings. The lowest BCUT2D eigenvalue weighted by atomic mass is 9.66. The summed E-state index contributed by atoms with van der Waals surface area (Å²) in [6, 6.07) is 17.1. The number of nitriles is 2. The number of hydrogen-bond donors (Lipinski definition) is 1. The van der Waals surface area contributed by atoms with Gasteiger partial charge in [-0.1, -0.05) is 52.0 Å². The Morgan fingerprint density at radius 1 is 0.766 bits per heavy atom. The highest BCUT2D eigenvalue weighted by Gasteiger charge is 2.59. The molecule has 0 unspecified atom stereocenters. The van der Waals surface area contributed by atoms with E-state index in [4.69, 9.17) is 10.5 Å². The second-order valence-corrected chi connectivity index (χ2v) is 12.9. The number of Topliss-reactive ketones (excluding diaryl/α,β-unsaturated/α-hetero) is 1. The van der Waals surface area contributed by atoms with Crippen LogP contribution in [0.25, 0.3) is 0 Å². The highest BCUT2D eigenvalue weighted by molar-refractivity contribution is 6.01. The van der Waals surface area contributed by atoms with Gasteiger partial charge >= 0.3 is 0 Å². The summed E-state index contributed by atoms with van der Waals surface area (Å²) in [5.41, 5.74) is -0.363. The number of ketones is 1. The second kappa shape index (κ2) is 11.1. The standard InChI is InChI=1S/C21H17F2N3O.C15H12FN3O/c1-20(2)19(16-8-3-13(10-24)9-17(16)23)26-12-25-11-18(26)21(20,27)14-4-6-15(22)7-5-14;1-15(2)13(19-8-18-7-12(19)14(15)20)10-4-3-9(6-17)5-11(10)16/h3-9,11-12,19,27H,1-2H3;3-5,7-8,13H,1-2H3/t19-,21-;13-/m00/s1. The normalized spacial score (nSPS) is 21.6. The Morgan fingerprint density at radius 3 is 1.85 bits per heavy atom. The van der Waals surface area contributed by atoms with Gasteiger partial charge in [0, 0.05) is 16.5 Å². The molecule has 1 N–H and O–H groups in total. The summed E-state index contributed by atoms with van der Waals surface area (Å²) in [5, 5.41) is 29.6. The third kappa shape index (κ3) is 4.65. The SMILES string of the molecule is CC1(C)C(=O)c2cncn2[C@H]1c1ccc(C#N)cc1F.CC1(C)[C@H](c2ccc(C#N)cc2F)n2cncc2[C@@]1(O)c1ccc(F)cc1. The number of rotatable bonds is 3. The maximum atomic E-state index is 14.8. The second-order valence-electron chi connectivity index (χ2n) is 12.9. The topological polar surface area (TPSA) is 121 Å². The number of aromatic nitrogens is 4. The molecule has 47 heavy (non-hydrogen) atoms. The molecule has 0 saturated carbocycles. The Hall–Kier alpha value is -5.52. The van der Waals surface area contributed by atoms with Crippen LogP contribution in [0.3, 0.4) is 0 Å². The van der Waals surface area contributed by atoms with Gasteiger partial charge in [-0.3, -0.25) is 4.79 Å². The Morgan fingerprint density at radius 2 is 1.30 bits per heavy atom. The van der Waals surface area contributed by atoms with Gasteiger partial charge in [0.25, 0.3) is 0 Å². The van der Waals surface area contributed by atoms with Gasteiger partial charge in [-0.2, -0.15) is 10.5 Å². The number of carbonyl (C=O) groups excluding carboxylic acids is 1. The highest BCUT2D eigenvalue weighted by atomic mass is 19.1. The van der Waals surface area contributed by atoms with Crippen molar-refractivity contribution in [3.05, 3.63) is 142 Å². The first-order valence-corrected chi connectivity index (χ1v) is 14.7. The summed E-state index contributed by atoms with van der Waals surface area (Å²) < 4.78 is 46.0. The molecule has 4 heterocycles. The third-order valence-electron chi connectivity index (χ3n) is 9.49. The van der Waals surface area contributed by atoms with Gasteiger partial charge in [-0.05, 0) is 42.0 Å². The van der Waals surface area contributed by atoms with E-state index in [1.807, 2.05) is 26.0 Å². The first-order valence-electron chi connectivity index (χ1n) is 14.7. The van der Waals surface area contributed by atoms with Crippen molar-refractivity contribution < 1.29 is 23.1 Å². The molecule has 0 aliphatic carbocycles. The molecule has 5 aromatic rings. The van der Waals surface area contributed by atoms with E-state index in [9.17, 15) is 23.1 Å². The largest absolute Gasteiger partial charge is 0.378 e. The van der Waals surface area contributed by atoms with E-state index in [0.717, 1.165) is 0 Å². The maximum absolute atomic E-state index is 14.8. The average molecular weight is 635 g/mol. The van der Waals surface area contributed by atoms with E-state index in [0.29, 0.717) is 28.1 Å². The predicted octanol–water partition coefficient (Wildman–Crippen LogP) is 6.60. The van der Waals surface area contributed by atoms with E-state index in [1.54, 1.807) is 66.1 Å². The monoisotopic (exact) mass is 634 g/mol. The van der Waals surface area contributed by atoms with Crippen molar-refractivity contribution in [2.45, 2.75) is 45.4 Å². The number of halogens is 3. The number of fused-ring (bicyclic) bond motifs is 2. The summed E-state index contributed by atoms with van der Waals surface area (Å²) in [7, 11) is 0. The van der Waals surface area contributed by atoms with Gasteiger partial charge < -0.3 is 14.2 Å². The smallest absolute Gasteiger partial charge is 0.188 e. The van der Waals surface area contributed by atoms with Crippen molar-refractivity contribution in [3.63, 3.8) is 0 Å². The van der Waals surface area contributed by atoms with Gasteiger partial charge in [0.1, 0.15) is 28.7 Å². The molecule has 11 heteroatoms. The van der Waals surface area contributed by atoms with E-state index in [-0.39, 0.29) is 16.9 Å². The fraction of sp³-hybridized carbons (Fsp3) is 0.250. The number of carbonyl (C=O) groups is 1. The Kier molecular flexibility index (Phi) is 7.41. The zero-order valence-corrected chi connectivity index (χ0v) is 25.9. The van der Waals surface area contributed by atoms with Crippen molar-refractivity contribution in [1.82, 2.24) is 19.1 Å². The van der Waals surface area contributed by atoms with Crippen LogP contribution < -0.4 is 0 Å². The Labute approximate surface area is 269 Å². The van der Waals surface area contributed by atoms with Crippen LogP contribution >= 0.6 is 0 Å². The van der Waals surface area contributed by atoms with Crippen LogP contribution in [0.2, 0.25) is 0 Å². The third-order valence-corrected chi connectivity index (χ3v) is 9.49. The minimum absolute atomic E-state index is 0.0521.